The normalized spacial score (nSPS) is 11.2. The fraction of sp³-hybridized carbons (Fsp3) is 0.125. The predicted octanol–water partition coefficient (Wildman–Crippen LogP) is 4.23. The molecule has 3 aromatic carbocycles. The number of aromatic nitrogens is 2. The van der Waals surface area contributed by atoms with Crippen LogP contribution in [0.4, 0.5) is 0 Å². The topological polar surface area (TPSA) is 85.7 Å². The van der Waals surface area contributed by atoms with Crippen molar-refractivity contribution >= 4 is 33.0 Å². The standard InChI is InChI=1S/C24H20BrN3O4/c1-15-7-9-16(10-8-15)14-32-22-17(11-18(25)12-21(22)31-2)13-26-28-23(29)19-5-3-4-6-20(19)27-24(28)30/h3-13H,14H2,1-2H3,(H,27,30). The van der Waals surface area contributed by atoms with Gasteiger partial charge in [0.2, 0.25) is 0 Å². The van der Waals surface area contributed by atoms with Gasteiger partial charge < -0.3 is 14.5 Å². The van der Waals surface area contributed by atoms with E-state index in [-0.39, 0.29) is 0 Å². The number of halogens is 1. The van der Waals surface area contributed by atoms with Gasteiger partial charge in [-0.05, 0) is 36.8 Å². The molecule has 0 aliphatic heterocycles. The number of benzene rings is 3. The van der Waals surface area contributed by atoms with Gasteiger partial charge in [0.15, 0.2) is 11.5 Å². The maximum atomic E-state index is 12.7. The second-order valence-electron chi connectivity index (χ2n) is 7.14. The van der Waals surface area contributed by atoms with Gasteiger partial charge in [-0.1, -0.05) is 57.9 Å². The van der Waals surface area contributed by atoms with Crippen LogP contribution in [0.15, 0.2) is 79.8 Å². The molecule has 8 heteroatoms. The first-order valence-corrected chi connectivity index (χ1v) is 10.6. The summed E-state index contributed by atoms with van der Waals surface area (Å²) >= 11 is 3.45. The molecule has 0 fully saturated rings. The lowest BCUT2D eigenvalue weighted by Crippen LogP contribution is -2.32. The molecule has 0 aliphatic carbocycles. The molecule has 0 spiro atoms. The Labute approximate surface area is 192 Å². The number of aryl methyl sites for hydroxylation is 1. The zero-order chi connectivity index (χ0) is 22.7. The SMILES string of the molecule is COc1cc(Br)cc(C=Nn2c(=O)[nH]c3ccccc3c2=O)c1OCc1ccc(C)cc1. The van der Waals surface area contributed by atoms with Crippen molar-refractivity contribution in [3.05, 3.63) is 103 Å². The molecule has 1 aromatic heterocycles. The highest BCUT2D eigenvalue weighted by molar-refractivity contribution is 9.10. The van der Waals surface area contributed by atoms with Gasteiger partial charge in [-0.3, -0.25) is 4.79 Å². The highest BCUT2D eigenvalue weighted by atomic mass is 79.9. The van der Waals surface area contributed by atoms with Crippen LogP contribution in [0.25, 0.3) is 10.9 Å². The number of methoxy groups -OCH3 is 1. The highest BCUT2D eigenvalue weighted by Gasteiger charge is 2.13. The molecule has 32 heavy (non-hydrogen) atoms. The van der Waals surface area contributed by atoms with Crippen LogP contribution in [-0.2, 0) is 6.61 Å². The zero-order valence-corrected chi connectivity index (χ0v) is 19.0. The number of rotatable bonds is 6. The molecule has 0 saturated carbocycles. The van der Waals surface area contributed by atoms with Crippen molar-refractivity contribution in [3.63, 3.8) is 0 Å². The highest BCUT2D eigenvalue weighted by Crippen LogP contribution is 2.34. The predicted molar refractivity (Wildman–Crippen MR) is 128 cm³/mol. The summed E-state index contributed by atoms with van der Waals surface area (Å²) in [5, 5.41) is 4.52. The third-order valence-corrected chi connectivity index (χ3v) is 5.33. The third kappa shape index (κ3) is 4.50. The number of H-pyrrole nitrogens is 1. The zero-order valence-electron chi connectivity index (χ0n) is 17.5. The number of nitrogens with zero attached hydrogens (tertiary/aromatic N) is 2. The fourth-order valence-electron chi connectivity index (χ4n) is 3.21. The van der Waals surface area contributed by atoms with Gasteiger partial charge in [-0.15, -0.1) is 4.68 Å². The average Bonchev–Trinajstić information content (AvgIpc) is 2.79. The minimum atomic E-state index is -0.631. The summed E-state index contributed by atoms with van der Waals surface area (Å²) in [6.45, 7) is 2.34. The smallest absolute Gasteiger partial charge is 0.349 e. The van der Waals surface area contributed by atoms with Crippen LogP contribution in [-0.4, -0.2) is 23.0 Å². The maximum Gasteiger partial charge on any atom is 0.349 e. The van der Waals surface area contributed by atoms with E-state index in [9.17, 15) is 9.59 Å². The van der Waals surface area contributed by atoms with E-state index in [1.54, 1.807) is 43.5 Å². The van der Waals surface area contributed by atoms with E-state index in [0.29, 0.717) is 34.6 Å². The first-order chi connectivity index (χ1) is 15.5. The molecule has 0 bridgehead atoms. The van der Waals surface area contributed by atoms with Crippen molar-refractivity contribution in [2.45, 2.75) is 13.5 Å². The molecule has 4 aromatic rings. The van der Waals surface area contributed by atoms with Crippen LogP contribution < -0.4 is 20.7 Å². The second kappa shape index (κ2) is 9.23. The van der Waals surface area contributed by atoms with Gasteiger partial charge in [0.05, 0.1) is 24.2 Å². The summed E-state index contributed by atoms with van der Waals surface area (Å²) in [6, 6.07) is 18.3. The van der Waals surface area contributed by atoms with E-state index in [2.05, 4.69) is 26.0 Å². The molecular formula is C24H20BrN3O4. The summed E-state index contributed by atoms with van der Waals surface area (Å²) in [6.07, 6.45) is 1.41. The van der Waals surface area contributed by atoms with Crippen molar-refractivity contribution in [2.75, 3.05) is 7.11 Å². The Morgan fingerprint density at radius 1 is 1.09 bits per heavy atom. The Balaban J connectivity index is 1.73. The molecule has 1 heterocycles. The molecule has 1 N–H and O–H groups in total. The number of aromatic amines is 1. The van der Waals surface area contributed by atoms with Gasteiger partial charge in [0.1, 0.15) is 6.61 Å². The van der Waals surface area contributed by atoms with Crippen LogP contribution >= 0.6 is 15.9 Å². The Morgan fingerprint density at radius 3 is 2.59 bits per heavy atom. The van der Waals surface area contributed by atoms with E-state index >= 15 is 0 Å². The molecule has 4 rings (SSSR count). The van der Waals surface area contributed by atoms with E-state index in [0.717, 1.165) is 20.3 Å². The molecular weight excluding hydrogens is 474 g/mol. The summed E-state index contributed by atoms with van der Waals surface area (Å²) in [7, 11) is 1.54. The largest absolute Gasteiger partial charge is 0.493 e. The Morgan fingerprint density at radius 2 is 1.84 bits per heavy atom. The lowest BCUT2D eigenvalue weighted by Gasteiger charge is -2.14. The number of para-hydroxylation sites is 1. The second-order valence-corrected chi connectivity index (χ2v) is 8.05. The van der Waals surface area contributed by atoms with Crippen LogP contribution in [0.5, 0.6) is 11.5 Å². The van der Waals surface area contributed by atoms with Gasteiger partial charge >= 0.3 is 5.69 Å². The number of hydrogen-bond donors (Lipinski definition) is 1. The van der Waals surface area contributed by atoms with Crippen molar-refractivity contribution in [2.24, 2.45) is 5.10 Å². The molecule has 0 atom stereocenters. The summed E-state index contributed by atoms with van der Waals surface area (Å²) < 4.78 is 13.1. The summed E-state index contributed by atoms with van der Waals surface area (Å²) in [5.41, 5.74) is 2.02. The molecule has 162 valence electrons. The van der Waals surface area contributed by atoms with Gasteiger partial charge in [0, 0.05) is 10.0 Å². The molecule has 0 saturated heterocycles. The quantitative estimate of drug-likeness (QED) is 0.407. The number of fused-ring (bicyclic) bond motifs is 1. The average molecular weight is 494 g/mol. The fourth-order valence-corrected chi connectivity index (χ4v) is 3.66. The van der Waals surface area contributed by atoms with Crippen molar-refractivity contribution < 1.29 is 9.47 Å². The van der Waals surface area contributed by atoms with Crippen LogP contribution in [0.1, 0.15) is 16.7 Å². The number of ether oxygens (including phenoxy) is 2. The Kier molecular flexibility index (Phi) is 6.23. The van der Waals surface area contributed by atoms with Crippen LogP contribution in [0.2, 0.25) is 0 Å². The number of nitrogens with one attached hydrogen (secondary N) is 1. The Bertz CT molecular complexity index is 1420. The van der Waals surface area contributed by atoms with Crippen molar-refractivity contribution in [1.29, 1.82) is 0 Å². The van der Waals surface area contributed by atoms with Crippen molar-refractivity contribution in [1.82, 2.24) is 9.66 Å². The first kappa shape index (κ1) is 21.6. The molecule has 0 radical (unpaired) electrons. The third-order valence-electron chi connectivity index (χ3n) is 4.87. The van der Waals surface area contributed by atoms with Crippen LogP contribution in [0.3, 0.4) is 0 Å². The molecule has 0 amide bonds. The van der Waals surface area contributed by atoms with Crippen LogP contribution in [0, 0.1) is 6.92 Å². The van der Waals surface area contributed by atoms with E-state index < -0.39 is 11.2 Å². The summed E-state index contributed by atoms with van der Waals surface area (Å²) in [5.74, 6) is 0.943. The van der Waals surface area contributed by atoms with Gasteiger partial charge in [0.25, 0.3) is 5.56 Å². The van der Waals surface area contributed by atoms with E-state index in [4.69, 9.17) is 9.47 Å². The molecule has 7 nitrogen and oxygen atoms in total. The minimum absolute atomic E-state index is 0.315. The molecule has 0 aliphatic rings. The van der Waals surface area contributed by atoms with Gasteiger partial charge in [-0.25, -0.2) is 4.79 Å². The van der Waals surface area contributed by atoms with E-state index in [1.165, 1.54) is 6.21 Å². The van der Waals surface area contributed by atoms with Crippen molar-refractivity contribution in [3.8, 4) is 11.5 Å². The maximum absolute atomic E-state index is 12.7. The summed E-state index contributed by atoms with van der Waals surface area (Å²) in [4.78, 5) is 27.8. The lowest BCUT2D eigenvalue weighted by molar-refractivity contribution is 0.284. The minimum Gasteiger partial charge on any atom is -0.493 e. The Hall–Kier alpha value is -3.65. The number of hydrogen-bond acceptors (Lipinski definition) is 5. The van der Waals surface area contributed by atoms with E-state index in [1.807, 2.05) is 31.2 Å². The monoisotopic (exact) mass is 493 g/mol. The first-order valence-electron chi connectivity index (χ1n) is 9.80. The lowest BCUT2D eigenvalue weighted by atomic mass is 10.1. The molecule has 0 unspecified atom stereocenters. The van der Waals surface area contributed by atoms with Gasteiger partial charge in [-0.2, -0.15) is 5.10 Å².